The topological polar surface area (TPSA) is 50.4 Å². The van der Waals surface area contributed by atoms with Gasteiger partial charge in [-0.15, -0.1) is 12.4 Å². The standard InChI is InChI=1S/C22H25ClN2O2.ClH/c1-27-16-6-4-5-15(13-16)20(17-7-2-3-8-19(17)23)25-21(26)18-14-22(18)9-11-24-12-10-22;/h2-8,13,18,20,24H,9-12,14H2,1H3,(H,25,26);1H. The highest BCUT2D eigenvalue weighted by molar-refractivity contribution is 6.31. The molecule has 2 aromatic rings. The molecule has 1 amide bonds. The van der Waals surface area contributed by atoms with Crippen LogP contribution in [0.2, 0.25) is 5.02 Å². The van der Waals surface area contributed by atoms with Crippen molar-refractivity contribution in [2.75, 3.05) is 20.2 Å². The third-order valence-electron chi connectivity index (χ3n) is 6.04. The fourth-order valence-corrected chi connectivity index (χ4v) is 4.55. The Bertz CT molecular complexity index is 837. The second-order valence-electron chi connectivity index (χ2n) is 7.61. The molecule has 2 fully saturated rings. The molecule has 6 heteroatoms. The van der Waals surface area contributed by atoms with Gasteiger partial charge in [-0.25, -0.2) is 0 Å². The summed E-state index contributed by atoms with van der Waals surface area (Å²) < 4.78 is 5.37. The predicted octanol–water partition coefficient (Wildman–Crippen LogP) is 4.37. The molecule has 2 N–H and O–H groups in total. The van der Waals surface area contributed by atoms with Crippen molar-refractivity contribution in [1.82, 2.24) is 10.6 Å². The van der Waals surface area contributed by atoms with E-state index in [0.29, 0.717) is 5.02 Å². The van der Waals surface area contributed by atoms with Gasteiger partial charge in [-0.05, 0) is 67.1 Å². The molecule has 1 saturated heterocycles. The first-order valence-corrected chi connectivity index (χ1v) is 9.90. The lowest BCUT2D eigenvalue weighted by molar-refractivity contribution is -0.123. The molecule has 0 bridgehead atoms. The van der Waals surface area contributed by atoms with Crippen LogP contribution >= 0.6 is 24.0 Å². The second kappa shape index (κ2) is 8.73. The van der Waals surface area contributed by atoms with Gasteiger partial charge in [0.1, 0.15) is 5.75 Å². The van der Waals surface area contributed by atoms with E-state index in [1.807, 2.05) is 48.5 Å². The molecule has 2 aromatic carbocycles. The van der Waals surface area contributed by atoms with E-state index >= 15 is 0 Å². The smallest absolute Gasteiger partial charge is 0.224 e. The fourth-order valence-electron chi connectivity index (χ4n) is 4.31. The molecule has 1 aliphatic heterocycles. The summed E-state index contributed by atoms with van der Waals surface area (Å²) in [5, 5.41) is 7.32. The van der Waals surface area contributed by atoms with Crippen LogP contribution in [0, 0.1) is 11.3 Å². The van der Waals surface area contributed by atoms with Crippen LogP contribution in [0.4, 0.5) is 0 Å². The van der Waals surface area contributed by atoms with Crippen LogP contribution in [0.15, 0.2) is 48.5 Å². The fraction of sp³-hybridized carbons (Fsp3) is 0.409. The van der Waals surface area contributed by atoms with Crippen LogP contribution in [0.1, 0.15) is 36.4 Å². The maximum atomic E-state index is 13.1. The Morgan fingerprint density at radius 1 is 1.21 bits per heavy atom. The highest BCUT2D eigenvalue weighted by Crippen LogP contribution is 2.58. The third kappa shape index (κ3) is 4.14. The van der Waals surface area contributed by atoms with Gasteiger partial charge in [-0.1, -0.05) is 41.9 Å². The normalized spacial score (nSPS) is 20.7. The van der Waals surface area contributed by atoms with E-state index in [4.69, 9.17) is 16.3 Å². The van der Waals surface area contributed by atoms with Gasteiger partial charge in [0.25, 0.3) is 0 Å². The number of benzene rings is 2. The molecule has 2 atom stereocenters. The molecule has 1 saturated carbocycles. The first-order valence-electron chi connectivity index (χ1n) is 9.52. The van der Waals surface area contributed by atoms with Gasteiger partial charge in [-0.3, -0.25) is 4.79 Å². The van der Waals surface area contributed by atoms with E-state index in [1.165, 1.54) is 0 Å². The number of carbonyl (C=O) groups excluding carboxylic acids is 1. The van der Waals surface area contributed by atoms with Crippen molar-refractivity contribution >= 4 is 29.9 Å². The maximum Gasteiger partial charge on any atom is 0.224 e. The van der Waals surface area contributed by atoms with Crippen molar-refractivity contribution in [2.24, 2.45) is 11.3 Å². The highest BCUT2D eigenvalue weighted by Gasteiger charge is 2.57. The Balaban J connectivity index is 0.00000225. The molecule has 2 unspecified atom stereocenters. The Kier molecular flexibility index (Phi) is 6.54. The van der Waals surface area contributed by atoms with Crippen LogP contribution in [0.3, 0.4) is 0 Å². The first kappa shape index (κ1) is 21.0. The zero-order valence-corrected chi connectivity index (χ0v) is 17.5. The maximum absolute atomic E-state index is 13.1. The Hall–Kier alpha value is -1.75. The average Bonchev–Trinajstić information content (AvgIpc) is 3.40. The molecule has 4 rings (SSSR count). The zero-order chi connectivity index (χ0) is 18.9. The zero-order valence-electron chi connectivity index (χ0n) is 15.9. The number of ether oxygens (including phenoxy) is 1. The lowest BCUT2D eigenvalue weighted by atomic mass is 9.91. The molecule has 0 aromatic heterocycles. The number of halogens is 2. The SMILES string of the molecule is COc1cccc(C(NC(=O)C2CC23CCNCC3)c2ccccc2Cl)c1.Cl. The molecule has 0 radical (unpaired) electrons. The van der Waals surface area contributed by atoms with Gasteiger partial charge >= 0.3 is 0 Å². The molecule has 4 nitrogen and oxygen atoms in total. The van der Waals surface area contributed by atoms with Gasteiger partial charge in [0.05, 0.1) is 13.2 Å². The summed E-state index contributed by atoms with van der Waals surface area (Å²) in [5.41, 5.74) is 2.07. The van der Waals surface area contributed by atoms with Crippen molar-refractivity contribution in [1.29, 1.82) is 0 Å². The molecular weight excluding hydrogens is 395 g/mol. The molecule has 28 heavy (non-hydrogen) atoms. The van der Waals surface area contributed by atoms with E-state index in [-0.39, 0.29) is 35.7 Å². The average molecular weight is 421 g/mol. The van der Waals surface area contributed by atoms with Crippen LogP contribution in [0.5, 0.6) is 5.75 Å². The number of hydrogen-bond acceptors (Lipinski definition) is 3. The van der Waals surface area contributed by atoms with Gasteiger partial charge in [-0.2, -0.15) is 0 Å². The molecule has 2 aliphatic rings. The number of amides is 1. The van der Waals surface area contributed by atoms with E-state index in [9.17, 15) is 4.79 Å². The van der Waals surface area contributed by atoms with E-state index in [1.54, 1.807) is 7.11 Å². The quantitative estimate of drug-likeness (QED) is 0.754. The minimum Gasteiger partial charge on any atom is -0.497 e. The van der Waals surface area contributed by atoms with Gasteiger partial charge in [0.2, 0.25) is 5.91 Å². The molecule has 1 spiro atoms. The van der Waals surface area contributed by atoms with Crippen LogP contribution in [-0.2, 0) is 4.79 Å². The molecule has 1 heterocycles. The molecular formula is C22H26Cl2N2O2. The van der Waals surface area contributed by atoms with E-state index in [2.05, 4.69) is 10.6 Å². The summed E-state index contributed by atoms with van der Waals surface area (Å²) in [6, 6.07) is 15.2. The first-order chi connectivity index (χ1) is 13.1. The van der Waals surface area contributed by atoms with Gasteiger partial charge in [0, 0.05) is 10.9 Å². The van der Waals surface area contributed by atoms with Crippen molar-refractivity contribution < 1.29 is 9.53 Å². The van der Waals surface area contributed by atoms with E-state index in [0.717, 1.165) is 49.2 Å². The van der Waals surface area contributed by atoms with Crippen LogP contribution < -0.4 is 15.4 Å². The minimum absolute atomic E-state index is 0. The number of piperidine rings is 1. The third-order valence-corrected chi connectivity index (χ3v) is 6.38. The summed E-state index contributed by atoms with van der Waals surface area (Å²) in [7, 11) is 1.65. The van der Waals surface area contributed by atoms with Crippen molar-refractivity contribution in [3.63, 3.8) is 0 Å². The summed E-state index contributed by atoms with van der Waals surface area (Å²) >= 11 is 6.47. The lowest BCUT2D eigenvalue weighted by Crippen LogP contribution is -2.35. The molecule has 1 aliphatic carbocycles. The minimum atomic E-state index is -0.291. The van der Waals surface area contributed by atoms with E-state index < -0.39 is 0 Å². The van der Waals surface area contributed by atoms with Crippen molar-refractivity contribution in [3.05, 3.63) is 64.7 Å². The van der Waals surface area contributed by atoms with Crippen molar-refractivity contribution in [3.8, 4) is 5.75 Å². The largest absolute Gasteiger partial charge is 0.497 e. The number of carbonyl (C=O) groups is 1. The summed E-state index contributed by atoms with van der Waals surface area (Å²) in [6.07, 6.45) is 3.16. The summed E-state index contributed by atoms with van der Waals surface area (Å²) in [5.74, 6) is 1.000. The number of hydrogen-bond donors (Lipinski definition) is 2. The van der Waals surface area contributed by atoms with Crippen LogP contribution in [-0.4, -0.2) is 26.1 Å². The number of nitrogens with one attached hydrogen (secondary N) is 2. The van der Waals surface area contributed by atoms with Gasteiger partial charge in [0.15, 0.2) is 0 Å². The predicted molar refractivity (Wildman–Crippen MR) is 114 cm³/mol. The lowest BCUT2D eigenvalue weighted by Gasteiger charge is -2.25. The molecule has 150 valence electrons. The number of methoxy groups -OCH3 is 1. The Morgan fingerprint density at radius 3 is 2.68 bits per heavy atom. The summed E-state index contributed by atoms with van der Waals surface area (Å²) in [6.45, 7) is 2.02. The second-order valence-corrected chi connectivity index (χ2v) is 8.02. The van der Waals surface area contributed by atoms with Gasteiger partial charge < -0.3 is 15.4 Å². The van der Waals surface area contributed by atoms with Crippen LogP contribution in [0.25, 0.3) is 0 Å². The highest BCUT2D eigenvalue weighted by atomic mass is 35.5. The summed E-state index contributed by atoms with van der Waals surface area (Å²) in [4.78, 5) is 13.1. The number of rotatable bonds is 5. The Labute approximate surface area is 177 Å². The van der Waals surface area contributed by atoms with Crippen molar-refractivity contribution in [2.45, 2.75) is 25.3 Å². The Morgan fingerprint density at radius 2 is 1.96 bits per heavy atom. The monoisotopic (exact) mass is 420 g/mol.